The van der Waals surface area contributed by atoms with Gasteiger partial charge in [-0.15, -0.1) is 0 Å². The van der Waals surface area contributed by atoms with Crippen LogP contribution in [0.15, 0.2) is 66.7 Å². The average molecular weight is 477 g/mol. The number of ether oxygens (including phenoxy) is 1. The van der Waals surface area contributed by atoms with Crippen molar-refractivity contribution in [3.63, 3.8) is 0 Å². The minimum Gasteiger partial charge on any atom is -0.457 e. The highest BCUT2D eigenvalue weighted by Crippen LogP contribution is 2.30. The molecule has 0 aliphatic carbocycles. The molecule has 1 N–H and O–H groups in total. The van der Waals surface area contributed by atoms with Crippen molar-refractivity contribution in [2.45, 2.75) is 6.42 Å². The fourth-order valence-electron chi connectivity index (χ4n) is 3.24. The molecule has 0 radical (unpaired) electrons. The smallest absolute Gasteiger partial charge is 0.257 e. The third kappa shape index (κ3) is 4.95. The Bertz CT molecular complexity index is 1230. The standard InChI is InChI=1S/C22H18Cl2N2O4S/c23-15-3-1-4-19(13-15)30-18-8-5-16(6-9-18)25-22(27)20-10-7-17(14-21(20)24)26-11-2-12-31(26,28)29/h1,3-10,13-14H,2,11-12H2,(H,25,27). The number of sulfonamides is 1. The normalized spacial score (nSPS) is 15.0. The lowest BCUT2D eigenvalue weighted by molar-refractivity contribution is 0.102. The van der Waals surface area contributed by atoms with Crippen molar-refractivity contribution in [3.8, 4) is 11.5 Å². The van der Waals surface area contributed by atoms with E-state index in [0.29, 0.717) is 40.9 Å². The maximum absolute atomic E-state index is 12.6. The van der Waals surface area contributed by atoms with E-state index in [1.807, 2.05) is 0 Å². The molecule has 0 unspecified atom stereocenters. The van der Waals surface area contributed by atoms with Gasteiger partial charge in [-0.05, 0) is 67.1 Å². The molecule has 0 saturated carbocycles. The third-order valence-electron chi connectivity index (χ3n) is 4.73. The van der Waals surface area contributed by atoms with E-state index in [4.69, 9.17) is 27.9 Å². The van der Waals surface area contributed by atoms with Crippen LogP contribution in [0.5, 0.6) is 11.5 Å². The Balaban J connectivity index is 1.44. The van der Waals surface area contributed by atoms with Crippen LogP contribution in [0.25, 0.3) is 0 Å². The number of nitrogens with one attached hydrogen (secondary N) is 1. The number of hydrogen-bond donors (Lipinski definition) is 1. The number of anilines is 2. The largest absolute Gasteiger partial charge is 0.457 e. The van der Waals surface area contributed by atoms with Gasteiger partial charge >= 0.3 is 0 Å². The summed E-state index contributed by atoms with van der Waals surface area (Å²) in [6.07, 6.45) is 0.569. The Hall–Kier alpha value is -2.74. The summed E-state index contributed by atoms with van der Waals surface area (Å²) in [5, 5.41) is 3.53. The van der Waals surface area contributed by atoms with Crippen LogP contribution in [-0.4, -0.2) is 26.6 Å². The molecule has 3 aromatic rings. The summed E-state index contributed by atoms with van der Waals surface area (Å²) in [6, 6.07) is 18.5. The molecule has 3 aromatic carbocycles. The van der Waals surface area contributed by atoms with Crippen LogP contribution in [0, 0.1) is 0 Å². The van der Waals surface area contributed by atoms with E-state index >= 15 is 0 Å². The third-order valence-corrected chi connectivity index (χ3v) is 7.15. The minimum atomic E-state index is -3.31. The van der Waals surface area contributed by atoms with Crippen LogP contribution < -0.4 is 14.4 Å². The Labute approximate surface area is 190 Å². The molecule has 0 bridgehead atoms. The van der Waals surface area contributed by atoms with Crippen LogP contribution in [0.3, 0.4) is 0 Å². The van der Waals surface area contributed by atoms with Crippen LogP contribution in [0.2, 0.25) is 10.0 Å². The van der Waals surface area contributed by atoms with Crippen molar-refractivity contribution in [1.29, 1.82) is 0 Å². The van der Waals surface area contributed by atoms with E-state index in [1.54, 1.807) is 54.6 Å². The van der Waals surface area contributed by atoms with Crippen molar-refractivity contribution < 1.29 is 17.9 Å². The molecular weight excluding hydrogens is 459 g/mol. The van der Waals surface area contributed by atoms with Gasteiger partial charge in [-0.2, -0.15) is 0 Å². The second-order valence-corrected chi connectivity index (χ2v) is 9.80. The highest BCUT2D eigenvalue weighted by atomic mass is 35.5. The molecule has 1 amide bonds. The first-order valence-corrected chi connectivity index (χ1v) is 11.8. The SMILES string of the molecule is O=C(Nc1ccc(Oc2cccc(Cl)c2)cc1)c1ccc(N2CCCS2(=O)=O)cc1Cl. The molecule has 1 heterocycles. The van der Waals surface area contributed by atoms with Crippen LogP contribution >= 0.6 is 23.2 Å². The number of rotatable bonds is 5. The van der Waals surface area contributed by atoms with Gasteiger partial charge in [-0.25, -0.2) is 8.42 Å². The Morgan fingerprint density at radius 1 is 0.968 bits per heavy atom. The van der Waals surface area contributed by atoms with Crippen molar-refractivity contribution in [2.24, 2.45) is 0 Å². The summed E-state index contributed by atoms with van der Waals surface area (Å²) in [4.78, 5) is 12.6. The molecule has 1 aliphatic heterocycles. The highest BCUT2D eigenvalue weighted by Gasteiger charge is 2.29. The number of halogens is 2. The molecule has 6 nitrogen and oxygen atoms in total. The van der Waals surface area contributed by atoms with E-state index < -0.39 is 15.9 Å². The zero-order valence-electron chi connectivity index (χ0n) is 16.2. The van der Waals surface area contributed by atoms with E-state index in [-0.39, 0.29) is 16.3 Å². The van der Waals surface area contributed by atoms with Gasteiger partial charge in [0, 0.05) is 17.3 Å². The lowest BCUT2D eigenvalue weighted by atomic mass is 10.1. The molecule has 0 spiro atoms. The maximum Gasteiger partial charge on any atom is 0.257 e. The molecule has 0 atom stereocenters. The van der Waals surface area contributed by atoms with Gasteiger partial charge in [0.1, 0.15) is 11.5 Å². The molecule has 9 heteroatoms. The zero-order valence-corrected chi connectivity index (χ0v) is 18.5. The molecular formula is C22H18Cl2N2O4S. The van der Waals surface area contributed by atoms with E-state index in [9.17, 15) is 13.2 Å². The molecule has 4 rings (SSSR count). The highest BCUT2D eigenvalue weighted by molar-refractivity contribution is 7.93. The van der Waals surface area contributed by atoms with Gasteiger partial charge in [0.05, 0.1) is 22.0 Å². The Morgan fingerprint density at radius 3 is 2.39 bits per heavy atom. The molecule has 1 fully saturated rings. The van der Waals surface area contributed by atoms with Gasteiger partial charge in [-0.3, -0.25) is 9.10 Å². The van der Waals surface area contributed by atoms with Crippen molar-refractivity contribution >= 4 is 50.5 Å². The summed E-state index contributed by atoms with van der Waals surface area (Å²) in [7, 11) is -3.31. The summed E-state index contributed by atoms with van der Waals surface area (Å²) >= 11 is 12.2. The van der Waals surface area contributed by atoms with Gasteiger partial charge in [-0.1, -0.05) is 29.3 Å². The summed E-state index contributed by atoms with van der Waals surface area (Å²) in [5.74, 6) is 0.916. The van der Waals surface area contributed by atoms with Crippen LogP contribution in [0.1, 0.15) is 16.8 Å². The van der Waals surface area contributed by atoms with E-state index in [1.165, 1.54) is 16.4 Å². The summed E-state index contributed by atoms with van der Waals surface area (Å²) in [5.41, 5.74) is 1.27. The van der Waals surface area contributed by atoms with E-state index in [0.717, 1.165) is 0 Å². The van der Waals surface area contributed by atoms with Crippen molar-refractivity contribution in [3.05, 3.63) is 82.3 Å². The van der Waals surface area contributed by atoms with Crippen molar-refractivity contribution in [1.82, 2.24) is 0 Å². The molecule has 1 saturated heterocycles. The maximum atomic E-state index is 12.6. The molecule has 0 aromatic heterocycles. The molecule has 160 valence electrons. The van der Waals surface area contributed by atoms with Crippen molar-refractivity contribution in [2.75, 3.05) is 21.9 Å². The average Bonchev–Trinajstić information content (AvgIpc) is 3.08. The molecule has 1 aliphatic rings. The first-order chi connectivity index (χ1) is 14.8. The number of benzene rings is 3. The monoisotopic (exact) mass is 476 g/mol. The van der Waals surface area contributed by atoms with E-state index in [2.05, 4.69) is 5.32 Å². The first kappa shape index (κ1) is 21.5. The topological polar surface area (TPSA) is 75.7 Å². The Kier molecular flexibility index (Phi) is 6.09. The predicted molar refractivity (Wildman–Crippen MR) is 123 cm³/mol. The first-order valence-electron chi connectivity index (χ1n) is 9.47. The predicted octanol–water partition coefficient (Wildman–Crippen LogP) is 5.58. The quantitative estimate of drug-likeness (QED) is 0.521. The van der Waals surface area contributed by atoms with Crippen LogP contribution in [-0.2, 0) is 10.0 Å². The van der Waals surface area contributed by atoms with Crippen LogP contribution in [0.4, 0.5) is 11.4 Å². The van der Waals surface area contributed by atoms with Gasteiger partial charge in [0.15, 0.2) is 0 Å². The summed E-state index contributed by atoms with van der Waals surface area (Å²) in [6.45, 7) is 0.411. The van der Waals surface area contributed by atoms with Gasteiger partial charge in [0.25, 0.3) is 5.91 Å². The lowest BCUT2D eigenvalue weighted by Gasteiger charge is -2.18. The molecule has 31 heavy (non-hydrogen) atoms. The number of carbonyl (C=O) groups is 1. The minimum absolute atomic E-state index is 0.115. The Morgan fingerprint density at radius 2 is 1.74 bits per heavy atom. The second-order valence-electron chi connectivity index (χ2n) is 6.94. The van der Waals surface area contributed by atoms with Gasteiger partial charge in [0.2, 0.25) is 10.0 Å². The number of hydrogen-bond acceptors (Lipinski definition) is 4. The summed E-state index contributed by atoms with van der Waals surface area (Å²) < 4.78 is 31.2. The van der Waals surface area contributed by atoms with Gasteiger partial charge < -0.3 is 10.1 Å². The second kappa shape index (κ2) is 8.78. The fourth-order valence-corrected chi connectivity index (χ4v) is 5.24. The number of nitrogens with zero attached hydrogens (tertiary/aromatic N) is 1. The number of carbonyl (C=O) groups excluding carboxylic acids is 1. The number of amides is 1. The fraction of sp³-hybridized carbons (Fsp3) is 0.136. The zero-order chi connectivity index (χ0) is 22.0. The lowest BCUT2D eigenvalue weighted by Crippen LogP contribution is -2.25.